The SMILES string of the molecule is CC(c1cccc(N)c1)N(C)C(=O)c1ccc(Cl)cc1. The average Bonchev–Trinajstić information content (AvgIpc) is 2.46. The lowest BCUT2D eigenvalue weighted by Gasteiger charge is -2.25. The summed E-state index contributed by atoms with van der Waals surface area (Å²) < 4.78 is 0. The number of benzene rings is 2. The Kier molecular flexibility index (Phi) is 4.30. The number of hydrogen-bond donors (Lipinski definition) is 1. The van der Waals surface area contributed by atoms with Crippen LogP contribution < -0.4 is 5.73 Å². The second-order valence-corrected chi connectivity index (χ2v) is 5.21. The van der Waals surface area contributed by atoms with E-state index < -0.39 is 0 Å². The Balaban J connectivity index is 2.20. The average molecular weight is 289 g/mol. The summed E-state index contributed by atoms with van der Waals surface area (Å²) in [6.07, 6.45) is 0. The van der Waals surface area contributed by atoms with Gasteiger partial charge >= 0.3 is 0 Å². The Morgan fingerprint density at radius 2 is 1.85 bits per heavy atom. The highest BCUT2D eigenvalue weighted by molar-refractivity contribution is 6.30. The smallest absolute Gasteiger partial charge is 0.254 e. The molecule has 0 fully saturated rings. The summed E-state index contributed by atoms with van der Waals surface area (Å²) >= 11 is 5.83. The molecule has 2 aromatic carbocycles. The van der Waals surface area contributed by atoms with E-state index >= 15 is 0 Å². The summed E-state index contributed by atoms with van der Waals surface area (Å²) in [5, 5.41) is 0.619. The molecule has 0 saturated heterocycles. The lowest BCUT2D eigenvalue weighted by Crippen LogP contribution is -2.29. The zero-order valence-electron chi connectivity index (χ0n) is 11.5. The fraction of sp³-hybridized carbons (Fsp3) is 0.188. The third-order valence-electron chi connectivity index (χ3n) is 3.39. The summed E-state index contributed by atoms with van der Waals surface area (Å²) in [5.74, 6) is -0.0448. The number of carbonyl (C=O) groups is 1. The number of anilines is 1. The van der Waals surface area contributed by atoms with Crippen molar-refractivity contribution in [1.82, 2.24) is 4.90 Å². The molecule has 0 aliphatic heterocycles. The highest BCUT2D eigenvalue weighted by Crippen LogP contribution is 2.22. The number of nitrogens with two attached hydrogens (primary N) is 1. The second-order valence-electron chi connectivity index (χ2n) is 4.77. The van der Waals surface area contributed by atoms with Gasteiger partial charge in [-0.2, -0.15) is 0 Å². The van der Waals surface area contributed by atoms with Crippen molar-refractivity contribution < 1.29 is 4.79 Å². The molecule has 0 saturated carbocycles. The molecule has 20 heavy (non-hydrogen) atoms. The fourth-order valence-corrected chi connectivity index (χ4v) is 2.14. The van der Waals surface area contributed by atoms with Crippen LogP contribution in [0.1, 0.15) is 28.9 Å². The van der Waals surface area contributed by atoms with Gasteiger partial charge in [-0.25, -0.2) is 0 Å². The summed E-state index contributed by atoms with van der Waals surface area (Å²) in [6, 6.07) is 14.4. The molecule has 0 radical (unpaired) electrons. The molecule has 2 N–H and O–H groups in total. The van der Waals surface area contributed by atoms with Crippen molar-refractivity contribution in [3.05, 3.63) is 64.7 Å². The second kappa shape index (κ2) is 5.97. The first-order valence-corrected chi connectivity index (χ1v) is 6.75. The van der Waals surface area contributed by atoms with Gasteiger partial charge in [0.05, 0.1) is 6.04 Å². The molecule has 1 amide bonds. The maximum atomic E-state index is 12.4. The third kappa shape index (κ3) is 3.11. The van der Waals surface area contributed by atoms with E-state index in [-0.39, 0.29) is 11.9 Å². The van der Waals surface area contributed by atoms with Crippen molar-refractivity contribution in [1.29, 1.82) is 0 Å². The first-order chi connectivity index (χ1) is 9.49. The van der Waals surface area contributed by atoms with Crippen molar-refractivity contribution >= 4 is 23.2 Å². The standard InChI is InChI=1S/C16H17ClN2O/c1-11(13-4-3-5-15(18)10-13)19(2)16(20)12-6-8-14(17)9-7-12/h3-11H,18H2,1-2H3. The molecule has 0 aliphatic rings. The van der Waals surface area contributed by atoms with Crippen LogP contribution in [0.3, 0.4) is 0 Å². The topological polar surface area (TPSA) is 46.3 Å². The minimum atomic E-state index is -0.0540. The summed E-state index contributed by atoms with van der Waals surface area (Å²) in [6.45, 7) is 1.97. The van der Waals surface area contributed by atoms with E-state index in [1.54, 1.807) is 36.2 Å². The number of nitrogen functional groups attached to an aromatic ring is 1. The lowest BCUT2D eigenvalue weighted by molar-refractivity contribution is 0.0742. The van der Waals surface area contributed by atoms with Gasteiger partial charge in [-0.3, -0.25) is 4.79 Å². The molecule has 4 heteroatoms. The number of rotatable bonds is 3. The molecule has 0 heterocycles. The van der Waals surface area contributed by atoms with Crippen LogP contribution in [0.2, 0.25) is 5.02 Å². The zero-order valence-corrected chi connectivity index (χ0v) is 12.3. The van der Waals surface area contributed by atoms with Crippen LogP contribution in [0.15, 0.2) is 48.5 Å². The van der Waals surface area contributed by atoms with Gasteiger partial charge in [-0.15, -0.1) is 0 Å². The first-order valence-electron chi connectivity index (χ1n) is 6.37. The van der Waals surface area contributed by atoms with Crippen molar-refractivity contribution in [2.45, 2.75) is 13.0 Å². The molecular weight excluding hydrogens is 272 g/mol. The molecule has 2 aromatic rings. The van der Waals surface area contributed by atoms with E-state index in [1.807, 2.05) is 31.2 Å². The van der Waals surface area contributed by atoms with Gasteiger partial charge in [0.2, 0.25) is 0 Å². The highest BCUT2D eigenvalue weighted by atomic mass is 35.5. The molecule has 0 bridgehead atoms. The Bertz CT molecular complexity index is 610. The van der Waals surface area contributed by atoms with Gasteiger partial charge in [-0.05, 0) is 48.9 Å². The van der Waals surface area contributed by atoms with Crippen LogP contribution in [0.5, 0.6) is 0 Å². The predicted octanol–water partition coefficient (Wildman–Crippen LogP) is 3.76. The summed E-state index contributed by atoms with van der Waals surface area (Å²) in [7, 11) is 1.78. The third-order valence-corrected chi connectivity index (χ3v) is 3.64. The van der Waals surface area contributed by atoms with E-state index in [9.17, 15) is 4.79 Å². The Morgan fingerprint density at radius 3 is 2.45 bits per heavy atom. The first kappa shape index (κ1) is 14.4. The summed E-state index contributed by atoms with van der Waals surface area (Å²) in [5.41, 5.74) is 8.11. The van der Waals surface area contributed by atoms with E-state index in [0.29, 0.717) is 16.3 Å². The molecule has 104 valence electrons. The van der Waals surface area contributed by atoms with E-state index in [1.165, 1.54) is 0 Å². The van der Waals surface area contributed by atoms with Crippen LogP contribution in [0, 0.1) is 0 Å². The normalized spacial score (nSPS) is 11.9. The van der Waals surface area contributed by atoms with E-state index in [0.717, 1.165) is 5.56 Å². The number of hydrogen-bond acceptors (Lipinski definition) is 2. The molecule has 1 unspecified atom stereocenters. The minimum absolute atomic E-state index is 0.0448. The number of amides is 1. The molecule has 3 nitrogen and oxygen atoms in total. The van der Waals surface area contributed by atoms with Gasteiger partial charge in [0.1, 0.15) is 0 Å². The van der Waals surface area contributed by atoms with Gasteiger partial charge in [0.15, 0.2) is 0 Å². The fourth-order valence-electron chi connectivity index (χ4n) is 2.01. The van der Waals surface area contributed by atoms with Gasteiger partial charge in [-0.1, -0.05) is 23.7 Å². The van der Waals surface area contributed by atoms with Crippen molar-refractivity contribution in [3.8, 4) is 0 Å². The molecule has 1 atom stereocenters. The Morgan fingerprint density at radius 1 is 1.20 bits per heavy atom. The van der Waals surface area contributed by atoms with Gasteiger partial charge in [0, 0.05) is 23.3 Å². The van der Waals surface area contributed by atoms with Crippen molar-refractivity contribution in [2.24, 2.45) is 0 Å². The number of nitrogens with zero attached hydrogens (tertiary/aromatic N) is 1. The van der Waals surface area contributed by atoms with Crippen LogP contribution in [-0.4, -0.2) is 17.9 Å². The molecular formula is C16H17ClN2O. The maximum absolute atomic E-state index is 12.4. The van der Waals surface area contributed by atoms with Crippen LogP contribution in [0.4, 0.5) is 5.69 Å². The van der Waals surface area contributed by atoms with Crippen molar-refractivity contribution in [3.63, 3.8) is 0 Å². The zero-order chi connectivity index (χ0) is 14.7. The molecule has 0 spiro atoms. The number of carbonyl (C=O) groups excluding carboxylic acids is 1. The lowest BCUT2D eigenvalue weighted by atomic mass is 10.1. The quantitative estimate of drug-likeness (QED) is 0.874. The van der Waals surface area contributed by atoms with E-state index in [4.69, 9.17) is 17.3 Å². The monoisotopic (exact) mass is 288 g/mol. The van der Waals surface area contributed by atoms with Gasteiger partial charge in [0.25, 0.3) is 5.91 Å². The van der Waals surface area contributed by atoms with Gasteiger partial charge < -0.3 is 10.6 Å². The van der Waals surface area contributed by atoms with Crippen LogP contribution in [0.25, 0.3) is 0 Å². The Labute approximate surface area is 124 Å². The van der Waals surface area contributed by atoms with Crippen LogP contribution >= 0.6 is 11.6 Å². The largest absolute Gasteiger partial charge is 0.399 e. The molecule has 2 rings (SSSR count). The predicted molar refractivity (Wildman–Crippen MR) is 82.8 cm³/mol. The minimum Gasteiger partial charge on any atom is -0.399 e. The number of halogens is 1. The maximum Gasteiger partial charge on any atom is 0.254 e. The summed E-state index contributed by atoms with van der Waals surface area (Å²) in [4.78, 5) is 14.1. The van der Waals surface area contributed by atoms with E-state index in [2.05, 4.69) is 0 Å². The van der Waals surface area contributed by atoms with Crippen molar-refractivity contribution in [2.75, 3.05) is 12.8 Å². The molecule has 0 aromatic heterocycles. The Hall–Kier alpha value is -2.00. The molecule has 0 aliphatic carbocycles. The van der Waals surface area contributed by atoms with Crippen LogP contribution in [-0.2, 0) is 0 Å². The highest BCUT2D eigenvalue weighted by Gasteiger charge is 2.18.